The quantitative estimate of drug-likeness (QED) is 0.275. The van der Waals surface area contributed by atoms with Crippen LogP contribution in [0.1, 0.15) is 71.1 Å². The standard InChI is InChI=1S/C27H51N7O2/c1-18-6-7-21(15-24(18)33-27-30-12-9-23(32-27)20-4-2-10-28-16-20)31-26(36)19-8-11-29-25(14-19)34-13-3-5-22(35)17-34/h18-25,27-30,32-33,35H,2-17H2,1H3,(H,31,36). The van der Waals surface area contributed by atoms with Gasteiger partial charge in [-0.3, -0.25) is 25.6 Å². The van der Waals surface area contributed by atoms with Gasteiger partial charge in [-0.1, -0.05) is 6.92 Å². The summed E-state index contributed by atoms with van der Waals surface area (Å²) in [6.07, 6.45) is 10.8. The van der Waals surface area contributed by atoms with Crippen LogP contribution in [0.4, 0.5) is 0 Å². The molecule has 5 aliphatic rings. The van der Waals surface area contributed by atoms with Gasteiger partial charge in [0.2, 0.25) is 5.91 Å². The van der Waals surface area contributed by atoms with E-state index in [-0.39, 0.29) is 36.4 Å². The number of likely N-dealkylation sites (tertiary alicyclic amines) is 1. The maximum atomic E-state index is 13.3. The molecule has 36 heavy (non-hydrogen) atoms. The third-order valence-corrected chi connectivity index (χ3v) is 9.63. The Balaban J connectivity index is 1.09. The average Bonchev–Trinajstić information content (AvgIpc) is 2.91. The minimum absolute atomic E-state index is 0.0626. The molecular weight excluding hydrogens is 454 g/mol. The SMILES string of the molecule is CC1CCC(NC(=O)C2CCNC(N3CCCC(O)C3)C2)CC1NC1NCCC(C2CCCNC2)N1. The highest BCUT2D eigenvalue weighted by Crippen LogP contribution is 2.27. The first kappa shape index (κ1) is 26.8. The number of hydrogen-bond acceptors (Lipinski definition) is 8. The van der Waals surface area contributed by atoms with Gasteiger partial charge in [-0.25, -0.2) is 0 Å². The topological polar surface area (TPSA) is 113 Å². The molecule has 0 radical (unpaired) electrons. The second-order valence-electron chi connectivity index (χ2n) is 12.3. The molecule has 7 N–H and O–H groups in total. The van der Waals surface area contributed by atoms with E-state index >= 15 is 0 Å². The summed E-state index contributed by atoms with van der Waals surface area (Å²) in [5.74, 6) is 1.62. The third-order valence-electron chi connectivity index (χ3n) is 9.63. The lowest BCUT2D eigenvalue weighted by molar-refractivity contribution is -0.128. The Kier molecular flexibility index (Phi) is 9.54. The molecule has 4 heterocycles. The van der Waals surface area contributed by atoms with Crippen LogP contribution in [0.2, 0.25) is 0 Å². The summed E-state index contributed by atoms with van der Waals surface area (Å²) in [4.78, 5) is 15.6. The lowest BCUT2D eigenvalue weighted by Crippen LogP contribution is -2.66. The number of aliphatic hydroxyl groups is 1. The number of nitrogens with zero attached hydrogens (tertiary/aromatic N) is 1. The van der Waals surface area contributed by atoms with Crippen molar-refractivity contribution in [2.45, 2.75) is 108 Å². The van der Waals surface area contributed by atoms with Crippen molar-refractivity contribution in [2.24, 2.45) is 17.8 Å². The van der Waals surface area contributed by atoms with Crippen LogP contribution < -0.4 is 31.9 Å². The maximum absolute atomic E-state index is 13.3. The Bertz CT molecular complexity index is 706. The highest BCUT2D eigenvalue weighted by molar-refractivity contribution is 5.79. The zero-order valence-electron chi connectivity index (χ0n) is 22.3. The van der Waals surface area contributed by atoms with E-state index in [2.05, 4.69) is 43.7 Å². The van der Waals surface area contributed by atoms with E-state index in [0.29, 0.717) is 18.0 Å². The molecule has 5 fully saturated rings. The lowest BCUT2D eigenvalue weighted by Gasteiger charge is -2.43. The number of carbonyl (C=O) groups excluding carboxylic acids is 1. The van der Waals surface area contributed by atoms with E-state index < -0.39 is 0 Å². The van der Waals surface area contributed by atoms with Crippen molar-refractivity contribution in [3.05, 3.63) is 0 Å². The monoisotopic (exact) mass is 505 g/mol. The van der Waals surface area contributed by atoms with Gasteiger partial charge in [-0.05, 0) is 109 Å². The fourth-order valence-electron chi connectivity index (χ4n) is 7.34. The Morgan fingerprint density at radius 3 is 2.69 bits per heavy atom. The molecule has 9 unspecified atom stereocenters. The van der Waals surface area contributed by atoms with Crippen LogP contribution in [-0.4, -0.2) is 91.9 Å². The number of carbonyl (C=O) groups is 1. The first-order valence-corrected chi connectivity index (χ1v) is 15.0. The van der Waals surface area contributed by atoms with Crippen LogP contribution in [0.15, 0.2) is 0 Å². The van der Waals surface area contributed by atoms with Gasteiger partial charge in [0.1, 0.15) is 6.29 Å². The molecule has 1 amide bonds. The van der Waals surface area contributed by atoms with Gasteiger partial charge in [0.05, 0.1) is 12.3 Å². The number of amides is 1. The number of aliphatic hydroxyl groups excluding tert-OH is 1. The fraction of sp³-hybridized carbons (Fsp3) is 0.963. The Hall–Kier alpha value is -0.810. The summed E-state index contributed by atoms with van der Waals surface area (Å²) in [6, 6.07) is 1.21. The van der Waals surface area contributed by atoms with Gasteiger partial charge in [-0.2, -0.15) is 0 Å². The minimum atomic E-state index is -0.230. The van der Waals surface area contributed by atoms with Gasteiger partial charge >= 0.3 is 0 Å². The van der Waals surface area contributed by atoms with Crippen molar-refractivity contribution < 1.29 is 9.90 Å². The summed E-state index contributed by atoms with van der Waals surface area (Å²) < 4.78 is 0. The molecule has 1 aliphatic carbocycles. The molecule has 9 atom stereocenters. The summed E-state index contributed by atoms with van der Waals surface area (Å²) in [5, 5.41) is 32.1. The zero-order chi connectivity index (χ0) is 24.9. The van der Waals surface area contributed by atoms with Crippen molar-refractivity contribution in [1.29, 1.82) is 0 Å². The summed E-state index contributed by atoms with van der Waals surface area (Å²) >= 11 is 0. The molecule has 0 spiro atoms. The average molecular weight is 506 g/mol. The largest absolute Gasteiger partial charge is 0.392 e. The molecule has 0 bridgehead atoms. The number of hydrogen-bond donors (Lipinski definition) is 7. The summed E-state index contributed by atoms with van der Waals surface area (Å²) in [7, 11) is 0. The van der Waals surface area contributed by atoms with Crippen LogP contribution in [0.3, 0.4) is 0 Å². The fourth-order valence-corrected chi connectivity index (χ4v) is 7.34. The second-order valence-corrected chi connectivity index (χ2v) is 12.3. The van der Waals surface area contributed by atoms with Gasteiger partial charge < -0.3 is 21.1 Å². The summed E-state index contributed by atoms with van der Waals surface area (Å²) in [5.41, 5.74) is 0. The molecule has 0 aromatic heterocycles. The van der Waals surface area contributed by atoms with Crippen LogP contribution >= 0.6 is 0 Å². The molecule has 4 saturated heterocycles. The Labute approximate surface area is 217 Å². The molecule has 5 rings (SSSR count). The van der Waals surface area contributed by atoms with Crippen LogP contribution in [-0.2, 0) is 4.79 Å². The van der Waals surface area contributed by atoms with Crippen molar-refractivity contribution in [3.63, 3.8) is 0 Å². The Morgan fingerprint density at radius 1 is 0.972 bits per heavy atom. The maximum Gasteiger partial charge on any atom is 0.223 e. The van der Waals surface area contributed by atoms with Crippen LogP contribution in [0, 0.1) is 17.8 Å². The van der Waals surface area contributed by atoms with Gasteiger partial charge in [-0.15, -0.1) is 0 Å². The first-order chi connectivity index (χ1) is 17.5. The van der Waals surface area contributed by atoms with E-state index in [1.807, 2.05) is 0 Å². The van der Waals surface area contributed by atoms with Crippen molar-refractivity contribution in [2.75, 3.05) is 39.3 Å². The van der Waals surface area contributed by atoms with E-state index in [0.717, 1.165) is 90.1 Å². The van der Waals surface area contributed by atoms with Crippen LogP contribution in [0.5, 0.6) is 0 Å². The molecule has 4 aliphatic heterocycles. The second kappa shape index (κ2) is 12.8. The molecule has 206 valence electrons. The predicted octanol–water partition coefficient (Wildman–Crippen LogP) is 0.267. The zero-order valence-corrected chi connectivity index (χ0v) is 22.3. The van der Waals surface area contributed by atoms with Crippen molar-refractivity contribution in [3.8, 4) is 0 Å². The predicted molar refractivity (Wildman–Crippen MR) is 142 cm³/mol. The molecule has 9 nitrogen and oxygen atoms in total. The summed E-state index contributed by atoms with van der Waals surface area (Å²) in [6.45, 7) is 8.31. The van der Waals surface area contributed by atoms with E-state index in [1.54, 1.807) is 0 Å². The van der Waals surface area contributed by atoms with E-state index in [9.17, 15) is 9.90 Å². The van der Waals surface area contributed by atoms with Gasteiger partial charge in [0.25, 0.3) is 0 Å². The molecular formula is C27H51N7O2. The van der Waals surface area contributed by atoms with Gasteiger partial charge in [0.15, 0.2) is 0 Å². The highest BCUT2D eigenvalue weighted by atomic mass is 16.3. The number of β-amino-alcohol motifs (C(OH)–C–C–N with tert-alkyl or cyclic N) is 1. The van der Waals surface area contributed by atoms with E-state index in [1.165, 1.54) is 19.3 Å². The van der Waals surface area contributed by atoms with Crippen molar-refractivity contribution >= 4 is 5.91 Å². The van der Waals surface area contributed by atoms with Crippen molar-refractivity contribution in [1.82, 2.24) is 36.8 Å². The minimum Gasteiger partial charge on any atom is -0.392 e. The third kappa shape index (κ3) is 6.98. The number of nitrogens with one attached hydrogen (secondary N) is 6. The highest BCUT2D eigenvalue weighted by Gasteiger charge is 2.36. The Morgan fingerprint density at radius 2 is 1.86 bits per heavy atom. The normalized spacial score (nSPS) is 43.1. The first-order valence-electron chi connectivity index (χ1n) is 15.0. The van der Waals surface area contributed by atoms with Crippen LogP contribution in [0.25, 0.3) is 0 Å². The molecule has 0 aromatic carbocycles. The number of rotatable bonds is 6. The lowest BCUT2D eigenvalue weighted by atomic mass is 9.82. The van der Waals surface area contributed by atoms with Gasteiger partial charge in [0, 0.05) is 30.6 Å². The molecule has 1 saturated carbocycles. The number of piperidine rings is 3. The molecule has 0 aromatic rings. The smallest absolute Gasteiger partial charge is 0.223 e. The molecule has 9 heteroatoms. The van der Waals surface area contributed by atoms with E-state index in [4.69, 9.17) is 0 Å².